The average Bonchev–Trinajstić information content (AvgIpc) is 3.34. The molecule has 2 amide bonds. The molecule has 0 atom stereocenters. The van der Waals surface area contributed by atoms with Crippen molar-refractivity contribution in [2.24, 2.45) is 0 Å². The highest BCUT2D eigenvalue weighted by molar-refractivity contribution is 5.73. The molecule has 4 rings (SSSR count). The summed E-state index contributed by atoms with van der Waals surface area (Å²) in [6, 6.07) is 17.2. The number of nitrogens with one attached hydrogen (secondary N) is 2. The molecular formula is C23H20FN5O2. The van der Waals surface area contributed by atoms with Crippen LogP contribution in [-0.4, -0.2) is 20.8 Å². The van der Waals surface area contributed by atoms with E-state index in [0.717, 1.165) is 11.3 Å². The van der Waals surface area contributed by atoms with Gasteiger partial charge in [-0.3, -0.25) is 4.98 Å². The van der Waals surface area contributed by atoms with E-state index in [1.165, 1.54) is 18.3 Å². The quantitative estimate of drug-likeness (QED) is 0.472. The largest absolute Gasteiger partial charge is 0.453 e. The summed E-state index contributed by atoms with van der Waals surface area (Å²) >= 11 is 0. The SMILES string of the molecule is O=C(NCc1cccc(-n2cccn2)c1)NCc1ccc(Oc2cccnc2)c(F)c1. The molecule has 2 heterocycles. The molecule has 0 aliphatic rings. The van der Waals surface area contributed by atoms with Gasteiger partial charge in [-0.05, 0) is 53.6 Å². The maximum absolute atomic E-state index is 14.3. The van der Waals surface area contributed by atoms with Gasteiger partial charge in [0.25, 0.3) is 0 Å². The van der Waals surface area contributed by atoms with Crippen LogP contribution >= 0.6 is 0 Å². The Bertz CT molecular complexity index is 1150. The van der Waals surface area contributed by atoms with E-state index < -0.39 is 5.82 Å². The predicted molar refractivity (Wildman–Crippen MR) is 113 cm³/mol. The predicted octanol–water partition coefficient (Wildman–Crippen LogP) is 4.20. The Kier molecular flexibility index (Phi) is 6.18. The van der Waals surface area contributed by atoms with E-state index in [4.69, 9.17) is 4.74 Å². The Morgan fingerprint density at radius 1 is 0.968 bits per heavy atom. The van der Waals surface area contributed by atoms with Crippen LogP contribution in [0.2, 0.25) is 0 Å². The first kappa shape index (κ1) is 20.1. The second-order valence-corrected chi connectivity index (χ2v) is 6.71. The zero-order valence-electron chi connectivity index (χ0n) is 16.5. The number of benzene rings is 2. The van der Waals surface area contributed by atoms with Crippen molar-refractivity contribution in [3.63, 3.8) is 0 Å². The van der Waals surface area contributed by atoms with Crippen molar-refractivity contribution < 1.29 is 13.9 Å². The van der Waals surface area contributed by atoms with E-state index in [0.29, 0.717) is 17.9 Å². The van der Waals surface area contributed by atoms with Crippen LogP contribution in [0, 0.1) is 5.82 Å². The second-order valence-electron chi connectivity index (χ2n) is 6.71. The molecule has 0 saturated heterocycles. The fourth-order valence-corrected chi connectivity index (χ4v) is 2.93. The lowest BCUT2D eigenvalue weighted by Gasteiger charge is -2.10. The van der Waals surface area contributed by atoms with E-state index in [1.807, 2.05) is 36.5 Å². The van der Waals surface area contributed by atoms with Gasteiger partial charge in [-0.2, -0.15) is 5.10 Å². The van der Waals surface area contributed by atoms with Crippen LogP contribution in [-0.2, 0) is 13.1 Å². The van der Waals surface area contributed by atoms with Crippen LogP contribution in [0.15, 0.2) is 85.5 Å². The molecule has 0 radical (unpaired) electrons. The minimum Gasteiger partial charge on any atom is -0.453 e. The molecule has 0 bridgehead atoms. The third-order valence-electron chi connectivity index (χ3n) is 4.44. The molecule has 0 aliphatic carbocycles. The number of hydrogen-bond acceptors (Lipinski definition) is 4. The van der Waals surface area contributed by atoms with Gasteiger partial charge in [-0.15, -0.1) is 0 Å². The van der Waals surface area contributed by atoms with Gasteiger partial charge >= 0.3 is 6.03 Å². The third kappa shape index (κ3) is 5.45. The Morgan fingerprint density at radius 3 is 2.52 bits per heavy atom. The number of pyridine rings is 1. The smallest absolute Gasteiger partial charge is 0.315 e. The van der Waals surface area contributed by atoms with Crippen LogP contribution in [0.25, 0.3) is 5.69 Å². The topological polar surface area (TPSA) is 81.1 Å². The lowest BCUT2D eigenvalue weighted by molar-refractivity contribution is 0.240. The van der Waals surface area contributed by atoms with Crippen molar-refractivity contribution in [1.82, 2.24) is 25.4 Å². The van der Waals surface area contributed by atoms with Gasteiger partial charge < -0.3 is 15.4 Å². The molecule has 31 heavy (non-hydrogen) atoms. The van der Waals surface area contributed by atoms with Gasteiger partial charge in [-0.25, -0.2) is 13.9 Å². The summed E-state index contributed by atoms with van der Waals surface area (Å²) < 4.78 is 21.5. The minimum atomic E-state index is -0.515. The Hall–Kier alpha value is -4.20. The lowest BCUT2D eigenvalue weighted by atomic mass is 10.2. The van der Waals surface area contributed by atoms with Gasteiger partial charge in [-0.1, -0.05) is 18.2 Å². The number of aromatic nitrogens is 3. The summed E-state index contributed by atoms with van der Waals surface area (Å²) in [6.07, 6.45) is 6.67. The van der Waals surface area contributed by atoms with E-state index in [1.54, 1.807) is 35.3 Å². The number of nitrogens with zero attached hydrogens (tertiary/aromatic N) is 3. The highest BCUT2D eigenvalue weighted by Gasteiger charge is 2.08. The first-order valence-corrected chi connectivity index (χ1v) is 9.64. The zero-order valence-corrected chi connectivity index (χ0v) is 16.5. The van der Waals surface area contributed by atoms with E-state index in [2.05, 4.69) is 20.7 Å². The number of carbonyl (C=O) groups excluding carboxylic acids is 1. The molecule has 0 spiro atoms. The molecule has 0 aliphatic heterocycles. The number of ether oxygens (including phenoxy) is 1. The van der Waals surface area contributed by atoms with Crippen molar-refractivity contribution >= 4 is 6.03 Å². The second kappa shape index (κ2) is 9.53. The summed E-state index contributed by atoms with van der Waals surface area (Å²) in [7, 11) is 0. The summed E-state index contributed by atoms with van der Waals surface area (Å²) in [6.45, 7) is 0.538. The molecule has 2 aromatic carbocycles. The van der Waals surface area contributed by atoms with Crippen LogP contribution < -0.4 is 15.4 Å². The molecule has 2 aromatic heterocycles. The third-order valence-corrected chi connectivity index (χ3v) is 4.44. The highest BCUT2D eigenvalue weighted by Crippen LogP contribution is 2.24. The van der Waals surface area contributed by atoms with Crippen LogP contribution in [0.3, 0.4) is 0 Å². The molecule has 8 heteroatoms. The first-order chi connectivity index (χ1) is 15.2. The van der Waals surface area contributed by atoms with Gasteiger partial charge in [0, 0.05) is 31.7 Å². The molecule has 0 saturated carbocycles. The van der Waals surface area contributed by atoms with Crippen LogP contribution in [0.1, 0.15) is 11.1 Å². The molecule has 4 aromatic rings. The minimum absolute atomic E-state index is 0.0956. The summed E-state index contributed by atoms with van der Waals surface area (Å²) in [5, 5.41) is 9.71. The standard InChI is InChI=1S/C23H20FN5O2/c24-21-13-18(7-8-22(21)31-20-6-2-9-25-16-20)15-27-23(30)26-14-17-4-1-5-19(12-17)29-11-3-10-28-29/h1-13,16H,14-15H2,(H2,26,27,30). The number of rotatable bonds is 7. The average molecular weight is 417 g/mol. The maximum atomic E-state index is 14.3. The number of hydrogen-bond donors (Lipinski definition) is 2. The Labute approximate surface area is 178 Å². The molecule has 7 nitrogen and oxygen atoms in total. The maximum Gasteiger partial charge on any atom is 0.315 e. The van der Waals surface area contributed by atoms with E-state index in [9.17, 15) is 9.18 Å². The number of urea groups is 1. The zero-order chi connectivity index (χ0) is 21.5. The molecule has 2 N–H and O–H groups in total. The highest BCUT2D eigenvalue weighted by atomic mass is 19.1. The monoisotopic (exact) mass is 417 g/mol. The van der Waals surface area contributed by atoms with Crippen molar-refractivity contribution in [1.29, 1.82) is 0 Å². The summed E-state index contributed by atoms with van der Waals surface area (Å²) in [5.41, 5.74) is 2.46. The van der Waals surface area contributed by atoms with Gasteiger partial charge in [0.2, 0.25) is 0 Å². The summed E-state index contributed by atoms with van der Waals surface area (Å²) in [5.74, 6) is 0.0283. The molecule has 156 valence electrons. The van der Waals surface area contributed by atoms with Gasteiger partial charge in [0.05, 0.1) is 11.9 Å². The molecule has 0 unspecified atom stereocenters. The van der Waals surface area contributed by atoms with Crippen LogP contribution in [0.5, 0.6) is 11.5 Å². The fraction of sp³-hybridized carbons (Fsp3) is 0.0870. The number of amides is 2. The van der Waals surface area contributed by atoms with E-state index in [-0.39, 0.29) is 18.3 Å². The van der Waals surface area contributed by atoms with Gasteiger partial charge in [0.15, 0.2) is 11.6 Å². The lowest BCUT2D eigenvalue weighted by Crippen LogP contribution is -2.34. The fourth-order valence-electron chi connectivity index (χ4n) is 2.93. The molecular weight excluding hydrogens is 397 g/mol. The van der Waals surface area contributed by atoms with Crippen molar-refractivity contribution in [2.45, 2.75) is 13.1 Å². The van der Waals surface area contributed by atoms with Crippen molar-refractivity contribution in [3.05, 3.63) is 102 Å². The van der Waals surface area contributed by atoms with Crippen LogP contribution in [0.4, 0.5) is 9.18 Å². The van der Waals surface area contributed by atoms with Crippen molar-refractivity contribution in [3.8, 4) is 17.2 Å². The Morgan fingerprint density at radius 2 is 1.81 bits per heavy atom. The molecule has 0 fully saturated rings. The number of carbonyl (C=O) groups is 1. The van der Waals surface area contributed by atoms with Crippen molar-refractivity contribution in [2.75, 3.05) is 0 Å². The Balaban J connectivity index is 1.28. The van der Waals surface area contributed by atoms with E-state index >= 15 is 0 Å². The number of halogens is 1. The normalized spacial score (nSPS) is 10.5. The van der Waals surface area contributed by atoms with Gasteiger partial charge in [0.1, 0.15) is 5.75 Å². The summed E-state index contributed by atoms with van der Waals surface area (Å²) in [4.78, 5) is 16.1. The first-order valence-electron chi connectivity index (χ1n) is 9.64.